The number of hydrogen-bond donors (Lipinski definition) is 1. The molecule has 0 aromatic heterocycles. The van der Waals surface area contributed by atoms with Gasteiger partial charge in [-0.1, -0.05) is 38.5 Å². The number of carbonyl (C=O) groups is 2. The summed E-state index contributed by atoms with van der Waals surface area (Å²) in [4.78, 5) is 30.1. The molecular weight excluding hydrogens is 380 g/mol. The highest BCUT2D eigenvalue weighted by Gasteiger charge is 2.30. The number of ether oxygens (including phenoxy) is 1. The van der Waals surface area contributed by atoms with E-state index in [0.29, 0.717) is 38.8 Å². The fraction of sp³-hybridized carbons (Fsp3) is 0.870. The summed E-state index contributed by atoms with van der Waals surface area (Å²) in [7, 11) is 0. The van der Waals surface area contributed by atoms with Gasteiger partial charge in [-0.05, 0) is 38.3 Å². The highest BCUT2D eigenvalue weighted by molar-refractivity contribution is 5.86. The molecule has 2 atom stereocenters. The second-order valence-corrected chi connectivity index (χ2v) is 9.19. The molecule has 1 saturated carbocycles. The lowest BCUT2D eigenvalue weighted by atomic mass is 9.81. The third-order valence-corrected chi connectivity index (χ3v) is 6.86. The van der Waals surface area contributed by atoms with Crippen molar-refractivity contribution in [2.24, 2.45) is 11.8 Å². The summed E-state index contributed by atoms with van der Waals surface area (Å²) < 4.78 is 5.35. The van der Waals surface area contributed by atoms with Crippen LogP contribution in [0.4, 0.5) is 0 Å². The number of amides is 2. The van der Waals surface area contributed by atoms with Gasteiger partial charge in [0.25, 0.3) is 0 Å². The second-order valence-electron chi connectivity index (χ2n) is 9.19. The Labute approximate surface area is 181 Å². The fourth-order valence-electron chi connectivity index (χ4n) is 5.07. The first-order chi connectivity index (χ1) is 14.7. The molecule has 0 bridgehead atoms. The van der Waals surface area contributed by atoms with E-state index in [1.165, 1.54) is 25.7 Å². The molecule has 30 heavy (non-hydrogen) atoms. The lowest BCUT2D eigenvalue weighted by Gasteiger charge is -2.31. The minimum atomic E-state index is -0.511. The van der Waals surface area contributed by atoms with Crippen LogP contribution in [0.5, 0.6) is 0 Å². The Morgan fingerprint density at radius 3 is 2.33 bits per heavy atom. The zero-order valence-electron chi connectivity index (χ0n) is 18.3. The van der Waals surface area contributed by atoms with Gasteiger partial charge in [-0.25, -0.2) is 0 Å². The average molecular weight is 419 g/mol. The maximum Gasteiger partial charge on any atom is 0.224 e. The van der Waals surface area contributed by atoms with E-state index in [2.05, 4.69) is 16.3 Å². The number of rotatable bonds is 8. The Morgan fingerprint density at radius 1 is 1.00 bits per heavy atom. The lowest BCUT2D eigenvalue weighted by molar-refractivity contribution is -0.140. The first kappa shape index (κ1) is 23.0. The van der Waals surface area contributed by atoms with Crippen LogP contribution >= 0.6 is 0 Å². The van der Waals surface area contributed by atoms with Crippen molar-refractivity contribution >= 4 is 11.8 Å². The van der Waals surface area contributed by atoms with Crippen LogP contribution in [0.25, 0.3) is 0 Å². The maximum atomic E-state index is 13.2. The highest BCUT2D eigenvalue weighted by atomic mass is 16.5. The Hall–Kier alpha value is -1.65. The van der Waals surface area contributed by atoms with E-state index in [9.17, 15) is 14.9 Å². The standard InChI is InChI=1S/C23H38N4O3/c24-17-21(18-26-9-5-2-6-10-26)25-23(29)20(15-19-7-3-1-4-8-19)16-22(28)27-11-13-30-14-12-27/h19-21H,1-16,18H2,(H,25,29)/t20-,21-/m1/s1. The van der Waals surface area contributed by atoms with E-state index in [4.69, 9.17) is 4.74 Å². The minimum absolute atomic E-state index is 0.0406. The van der Waals surface area contributed by atoms with Crippen LogP contribution in [0.2, 0.25) is 0 Å². The molecule has 2 saturated heterocycles. The van der Waals surface area contributed by atoms with Gasteiger partial charge in [0, 0.05) is 32.0 Å². The maximum absolute atomic E-state index is 13.2. The van der Waals surface area contributed by atoms with Crippen LogP contribution in [-0.4, -0.2) is 73.6 Å². The smallest absolute Gasteiger partial charge is 0.224 e. The van der Waals surface area contributed by atoms with Gasteiger partial charge in [0.15, 0.2) is 0 Å². The van der Waals surface area contributed by atoms with Crippen molar-refractivity contribution in [3.63, 3.8) is 0 Å². The van der Waals surface area contributed by atoms with Crippen LogP contribution < -0.4 is 5.32 Å². The molecule has 0 aromatic rings. The summed E-state index contributed by atoms with van der Waals surface area (Å²) in [5.74, 6) is 0.0832. The highest BCUT2D eigenvalue weighted by Crippen LogP contribution is 2.30. The van der Waals surface area contributed by atoms with Crippen LogP contribution in [0, 0.1) is 23.2 Å². The number of nitrogens with zero attached hydrogens (tertiary/aromatic N) is 3. The quantitative estimate of drug-likeness (QED) is 0.654. The summed E-state index contributed by atoms with van der Waals surface area (Å²) in [5, 5.41) is 12.6. The van der Waals surface area contributed by atoms with Crippen molar-refractivity contribution in [3.8, 4) is 6.07 Å². The molecule has 1 aliphatic carbocycles. The summed E-state index contributed by atoms with van der Waals surface area (Å²) in [6, 6.07) is 1.76. The topological polar surface area (TPSA) is 85.7 Å². The Morgan fingerprint density at radius 2 is 1.67 bits per heavy atom. The van der Waals surface area contributed by atoms with Crippen molar-refractivity contribution in [2.45, 2.75) is 70.3 Å². The van der Waals surface area contributed by atoms with Gasteiger partial charge < -0.3 is 19.9 Å². The molecule has 3 fully saturated rings. The molecule has 1 N–H and O–H groups in total. The number of morpholine rings is 1. The lowest BCUT2D eigenvalue weighted by Crippen LogP contribution is -2.48. The number of carbonyl (C=O) groups excluding carboxylic acids is 2. The normalized spacial score (nSPS) is 23.4. The Kier molecular flexibility index (Phi) is 9.41. The van der Waals surface area contributed by atoms with E-state index in [1.54, 1.807) is 0 Å². The molecule has 2 aliphatic heterocycles. The van der Waals surface area contributed by atoms with Gasteiger partial charge in [0.05, 0.1) is 19.3 Å². The fourth-order valence-corrected chi connectivity index (χ4v) is 5.07. The van der Waals surface area contributed by atoms with Gasteiger partial charge in [-0.3, -0.25) is 9.59 Å². The van der Waals surface area contributed by atoms with Gasteiger partial charge in [0.2, 0.25) is 11.8 Å². The number of hydrogen-bond acceptors (Lipinski definition) is 5. The predicted octanol–water partition coefficient (Wildman–Crippen LogP) is 2.32. The van der Waals surface area contributed by atoms with E-state index in [0.717, 1.165) is 45.2 Å². The average Bonchev–Trinajstić information content (AvgIpc) is 2.80. The first-order valence-corrected chi connectivity index (χ1v) is 11.9. The van der Waals surface area contributed by atoms with Crippen molar-refractivity contribution < 1.29 is 14.3 Å². The summed E-state index contributed by atoms with van der Waals surface area (Å²) in [6.07, 6.45) is 10.5. The van der Waals surface area contributed by atoms with Gasteiger partial charge >= 0.3 is 0 Å². The Bertz CT molecular complexity index is 588. The van der Waals surface area contributed by atoms with Crippen molar-refractivity contribution in [2.75, 3.05) is 45.9 Å². The molecule has 2 amide bonds. The van der Waals surface area contributed by atoms with Crippen molar-refractivity contribution in [1.29, 1.82) is 5.26 Å². The largest absolute Gasteiger partial charge is 0.378 e. The van der Waals surface area contributed by atoms with Gasteiger partial charge in [-0.15, -0.1) is 0 Å². The van der Waals surface area contributed by atoms with Gasteiger partial charge in [0.1, 0.15) is 6.04 Å². The van der Waals surface area contributed by atoms with Crippen LogP contribution in [-0.2, 0) is 14.3 Å². The molecule has 0 unspecified atom stereocenters. The molecule has 0 aromatic carbocycles. The van der Waals surface area contributed by atoms with E-state index < -0.39 is 6.04 Å². The summed E-state index contributed by atoms with van der Waals surface area (Å²) in [5.41, 5.74) is 0. The minimum Gasteiger partial charge on any atom is -0.378 e. The Balaban J connectivity index is 1.58. The third-order valence-electron chi connectivity index (χ3n) is 6.86. The molecule has 2 heterocycles. The molecule has 7 heteroatoms. The molecule has 168 valence electrons. The van der Waals surface area contributed by atoms with E-state index in [-0.39, 0.29) is 24.2 Å². The number of nitriles is 1. The SMILES string of the molecule is N#C[C@H](CN1CCCCC1)NC(=O)[C@@H](CC(=O)N1CCOCC1)CC1CCCCC1. The number of piperidine rings is 1. The van der Waals surface area contributed by atoms with Crippen LogP contribution in [0.3, 0.4) is 0 Å². The molecule has 7 nitrogen and oxygen atoms in total. The molecule has 3 rings (SSSR count). The van der Waals surface area contributed by atoms with Gasteiger partial charge in [-0.2, -0.15) is 5.26 Å². The molecule has 0 spiro atoms. The summed E-state index contributed by atoms with van der Waals surface area (Å²) in [6.45, 7) is 4.91. The number of nitrogens with one attached hydrogen (secondary N) is 1. The van der Waals surface area contributed by atoms with Crippen molar-refractivity contribution in [1.82, 2.24) is 15.1 Å². The zero-order valence-corrected chi connectivity index (χ0v) is 18.3. The zero-order chi connectivity index (χ0) is 21.2. The second kappa shape index (κ2) is 12.3. The number of likely N-dealkylation sites (tertiary alicyclic amines) is 1. The summed E-state index contributed by atoms with van der Waals surface area (Å²) >= 11 is 0. The van der Waals surface area contributed by atoms with E-state index in [1.807, 2.05) is 4.90 Å². The monoisotopic (exact) mass is 418 g/mol. The molecule has 0 radical (unpaired) electrons. The first-order valence-electron chi connectivity index (χ1n) is 11.9. The molecule has 3 aliphatic rings. The van der Waals surface area contributed by atoms with E-state index >= 15 is 0 Å². The predicted molar refractivity (Wildman–Crippen MR) is 115 cm³/mol. The third kappa shape index (κ3) is 7.24. The molecular formula is C23H38N4O3. The van der Waals surface area contributed by atoms with Crippen LogP contribution in [0.15, 0.2) is 0 Å². The van der Waals surface area contributed by atoms with Crippen molar-refractivity contribution in [3.05, 3.63) is 0 Å². The van der Waals surface area contributed by atoms with Crippen LogP contribution in [0.1, 0.15) is 64.2 Å².